The van der Waals surface area contributed by atoms with Gasteiger partial charge in [0.15, 0.2) is 5.69 Å². The minimum absolute atomic E-state index is 0.126. The Bertz CT molecular complexity index is 711. The van der Waals surface area contributed by atoms with Crippen molar-refractivity contribution in [2.24, 2.45) is 5.92 Å². The molecule has 1 aromatic rings. The van der Waals surface area contributed by atoms with Crippen molar-refractivity contribution in [1.82, 2.24) is 19.8 Å². The third-order valence-corrected chi connectivity index (χ3v) is 5.38. The molecule has 0 aliphatic carbocycles. The molecule has 0 spiro atoms. The highest BCUT2D eigenvalue weighted by Crippen LogP contribution is 2.26. The van der Waals surface area contributed by atoms with E-state index in [1.165, 1.54) is 4.57 Å². The van der Waals surface area contributed by atoms with Crippen molar-refractivity contribution >= 4 is 5.91 Å². The third-order valence-electron chi connectivity index (χ3n) is 5.38. The number of likely N-dealkylation sites (tertiary alicyclic amines) is 1. The molecule has 150 valence electrons. The average molecular weight is 386 g/mol. The minimum Gasteiger partial charge on any atom is -0.352 e. The Morgan fingerprint density at radius 3 is 2.52 bits per heavy atom. The van der Waals surface area contributed by atoms with Crippen LogP contribution in [0.1, 0.15) is 44.2 Å². The van der Waals surface area contributed by atoms with E-state index < -0.39 is 17.4 Å². The number of carbonyl (C=O) groups excluding carboxylic acids is 1. The molecule has 2 saturated heterocycles. The van der Waals surface area contributed by atoms with Crippen LogP contribution in [-0.4, -0.2) is 46.0 Å². The lowest BCUT2D eigenvalue weighted by Crippen LogP contribution is -2.45. The first kappa shape index (κ1) is 19.9. The molecule has 1 amide bonds. The predicted octanol–water partition coefficient (Wildman–Crippen LogP) is 2.03. The zero-order valence-corrected chi connectivity index (χ0v) is 15.2. The minimum atomic E-state index is -4.60. The molecule has 0 aromatic carbocycles. The van der Waals surface area contributed by atoms with Crippen LogP contribution in [0.4, 0.5) is 13.2 Å². The highest BCUT2D eigenvalue weighted by Gasteiger charge is 2.33. The lowest BCUT2D eigenvalue weighted by atomic mass is 9.96. The Balaban J connectivity index is 1.49. The number of nitrogens with zero attached hydrogens (tertiary/aromatic N) is 3. The van der Waals surface area contributed by atoms with Crippen molar-refractivity contribution in [3.8, 4) is 0 Å². The number of nitrogens with one attached hydrogen (secondary N) is 1. The molecule has 1 unspecified atom stereocenters. The number of hydrogen-bond donors (Lipinski definition) is 1. The number of aromatic nitrogens is 2. The van der Waals surface area contributed by atoms with Crippen LogP contribution in [0.15, 0.2) is 17.2 Å². The second-order valence-corrected chi connectivity index (χ2v) is 7.52. The second-order valence-electron chi connectivity index (χ2n) is 7.52. The molecule has 1 aromatic heterocycles. The van der Waals surface area contributed by atoms with Gasteiger partial charge in [-0.1, -0.05) is 6.42 Å². The van der Waals surface area contributed by atoms with Crippen LogP contribution in [0, 0.1) is 5.92 Å². The van der Waals surface area contributed by atoms with Gasteiger partial charge in [-0.3, -0.25) is 14.2 Å². The molecule has 2 aliphatic heterocycles. The van der Waals surface area contributed by atoms with E-state index in [0.717, 1.165) is 58.1 Å². The summed E-state index contributed by atoms with van der Waals surface area (Å²) in [5, 5.41) is 3.08. The van der Waals surface area contributed by atoms with E-state index in [4.69, 9.17) is 0 Å². The van der Waals surface area contributed by atoms with Gasteiger partial charge in [0.2, 0.25) is 5.91 Å². The largest absolute Gasteiger partial charge is 0.433 e. The molecule has 3 rings (SSSR count). The Labute approximate surface area is 155 Å². The first-order valence-electron chi connectivity index (χ1n) is 9.46. The first-order chi connectivity index (χ1) is 12.8. The summed E-state index contributed by atoms with van der Waals surface area (Å²) in [6.07, 6.45) is 1.74. The fourth-order valence-corrected chi connectivity index (χ4v) is 3.84. The molecule has 6 nitrogen and oxygen atoms in total. The molecular formula is C18H25F3N4O2. The fourth-order valence-electron chi connectivity index (χ4n) is 3.84. The Kier molecular flexibility index (Phi) is 6.18. The zero-order valence-electron chi connectivity index (χ0n) is 15.2. The van der Waals surface area contributed by atoms with Crippen LogP contribution in [0.5, 0.6) is 0 Å². The van der Waals surface area contributed by atoms with E-state index in [2.05, 4.69) is 15.2 Å². The van der Waals surface area contributed by atoms with E-state index in [0.29, 0.717) is 19.0 Å². The highest BCUT2D eigenvalue weighted by atomic mass is 19.4. The van der Waals surface area contributed by atoms with Gasteiger partial charge in [-0.25, -0.2) is 4.98 Å². The summed E-state index contributed by atoms with van der Waals surface area (Å²) >= 11 is 0. The summed E-state index contributed by atoms with van der Waals surface area (Å²) in [7, 11) is 0. The standard InChI is InChI=1S/C18H25F3N4O2/c19-18(20,21)15-9-17(27)25(12-22-15)10-13-5-7-24(8-6-13)11-14-3-1-2-4-16(26)23-14/h9,12-14H,1-8,10-11H2,(H,23,26). The summed E-state index contributed by atoms with van der Waals surface area (Å²) in [6.45, 7) is 2.94. The molecule has 0 bridgehead atoms. The molecule has 27 heavy (non-hydrogen) atoms. The van der Waals surface area contributed by atoms with Gasteiger partial charge in [-0.15, -0.1) is 0 Å². The van der Waals surface area contributed by atoms with E-state index in [9.17, 15) is 22.8 Å². The molecule has 0 radical (unpaired) electrons. The SMILES string of the molecule is O=C1CCCCC(CN2CCC(Cn3cnc(C(F)(F)F)cc3=O)CC2)N1. The van der Waals surface area contributed by atoms with Gasteiger partial charge in [0, 0.05) is 31.6 Å². The van der Waals surface area contributed by atoms with Crippen LogP contribution in [0.3, 0.4) is 0 Å². The quantitative estimate of drug-likeness (QED) is 0.860. The van der Waals surface area contributed by atoms with Crippen molar-refractivity contribution < 1.29 is 18.0 Å². The molecule has 1 atom stereocenters. The molecule has 3 heterocycles. The van der Waals surface area contributed by atoms with E-state index in [1.54, 1.807) is 0 Å². The van der Waals surface area contributed by atoms with Crippen molar-refractivity contribution in [3.63, 3.8) is 0 Å². The van der Waals surface area contributed by atoms with E-state index >= 15 is 0 Å². The first-order valence-corrected chi connectivity index (χ1v) is 9.46. The van der Waals surface area contributed by atoms with Gasteiger partial charge >= 0.3 is 6.18 Å². The van der Waals surface area contributed by atoms with E-state index in [1.807, 2.05) is 0 Å². The summed E-state index contributed by atoms with van der Waals surface area (Å²) in [5.74, 6) is 0.364. The number of rotatable bonds is 4. The number of alkyl halides is 3. The maximum Gasteiger partial charge on any atom is 0.433 e. The van der Waals surface area contributed by atoms with Gasteiger partial charge in [0.05, 0.1) is 6.33 Å². The van der Waals surface area contributed by atoms with Gasteiger partial charge < -0.3 is 10.2 Å². The van der Waals surface area contributed by atoms with Gasteiger partial charge in [0.25, 0.3) is 5.56 Å². The Morgan fingerprint density at radius 2 is 1.85 bits per heavy atom. The van der Waals surface area contributed by atoms with Gasteiger partial charge in [-0.05, 0) is 44.7 Å². The van der Waals surface area contributed by atoms with Crippen LogP contribution >= 0.6 is 0 Å². The monoisotopic (exact) mass is 386 g/mol. The molecule has 9 heteroatoms. The van der Waals surface area contributed by atoms with Crippen LogP contribution in [0.25, 0.3) is 0 Å². The van der Waals surface area contributed by atoms with Crippen LogP contribution < -0.4 is 10.9 Å². The van der Waals surface area contributed by atoms with Gasteiger partial charge in [0.1, 0.15) is 0 Å². The smallest absolute Gasteiger partial charge is 0.352 e. The lowest BCUT2D eigenvalue weighted by molar-refractivity contribution is -0.141. The van der Waals surface area contributed by atoms with Crippen molar-refractivity contribution in [3.05, 3.63) is 28.4 Å². The molecule has 1 N–H and O–H groups in total. The van der Waals surface area contributed by atoms with Crippen LogP contribution in [-0.2, 0) is 17.5 Å². The third kappa shape index (κ3) is 5.54. The summed E-state index contributed by atoms with van der Waals surface area (Å²) in [6, 6.07) is 0.752. The number of halogens is 3. The maximum atomic E-state index is 12.6. The average Bonchev–Trinajstić information content (AvgIpc) is 2.81. The Morgan fingerprint density at radius 1 is 1.11 bits per heavy atom. The number of amides is 1. The lowest BCUT2D eigenvalue weighted by Gasteiger charge is -2.34. The van der Waals surface area contributed by atoms with E-state index in [-0.39, 0.29) is 17.9 Å². The fraction of sp³-hybridized carbons (Fsp3) is 0.722. The summed E-state index contributed by atoms with van der Waals surface area (Å²) < 4.78 is 39.1. The molecule has 2 fully saturated rings. The number of piperidine rings is 1. The Hall–Kier alpha value is -1.90. The van der Waals surface area contributed by atoms with Crippen molar-refractivity contribution in [2.75, 3.05) is 19.6 Å². The molecular weight excluding hydrogens is 361 g/mol. The van der Waals surface area contributed by atoms with Crippen LogP contribution in [0.2, 0.25) is 0 Å². The summed E-state index contributed by atoms with van der Waals surface area (Å²) in [5.41, 5.74) is -1.81. The van der Waals surface area contributed by atoms with Gasteiger partial charge in [-0.2, -0.15) is 13.2 Å². The second kappa shape index (κ2) is 8.41. The zero-order chi connectivity index (χ0) is 19.4. The van der Waals surface area contributed by atoms with Crippen molar-refractivity contribution in [1.29, 1.82) is 0 Å². The maximum absolute atomic E-state index is 12.6. The molecule has 0 saturated carbocycles. The highest BCUT2D eigenvalue weighted by molar-refractivity contribution is 5.76. The predicted molar refractivity (Wildman–Crippen MR) is 93.1 cm³/mol. The van der Waals surface area contributed by atoms with Crippen molar-refractivity contribution in [2.45, 2.75) is 57.3 Å². The number of carbonyl (C=O) groups is 1. The number of hydrogen-bond acceptors (Lipinski definition) is 4. The topological polar surface area (TPSA) is 67.2 Å². The molecule has 2 aliphatic rings. The normalized spacial score (nSPS) is 23.1. The summed E-state index contributed by atoms with van der Waals surface area (Å²) in [4.78, 5) is 29.3.